The first-order valence-corrected chi connectivity index (χ1v) is 8.86. The Morgan fingerprint density at radius 1 is 1.11 bits per heavy atom. The Bertz CT molecular complexity index is 839. The average molecular weight is 391 g/mol. The number of rotatable bonds is 7. The van der Waals surface area contributed by atoms with Crippen LogP contribution in [-0.4, -0.2) is 32.6 Å². The van der Waals surface area contributed by atoms with Gasteiger partial charge in [0, 0.05) is 24.7 Å². The van der Waals surface area contributed by atoms with Crippen LogP contribution in [0, 0.1) is 0 Å². The summed E-state index contributed by atoms with van der Waals surface area (Å²) in [6.45, 7) is 3.31. The van der Waals surface area contributed by atoms with E-state index in [1.165, 1.54) is 26.0 Å². The van der Waals surface area contributed by atoms with Crippen molar-refractivity contribution in [1.29, 1.82) is 0 Å². The second kappa shape index (κ2) is 9.28. The van der Waals surface area contributed by atoms with Gasteiger partial charge in [-0.2, -0.15) is 0 Å². The molecule has 0 aliphatic rings. The lowest BCUT2D eigenvalue weighted by molar-refractivity contribution is -0.120. The standard InChI is InChI=1S/C20H23ClN2O4/c1-5-14-8-6-7-9-17(14)23(13(2)24)12-20(25)22-16-11-18(26-3)15(21)10-19(16)27-4/h6-11H,5,12H2,1-4H3,(H,22,25). The van der Waals surface area contributed by atoms with Crippen LogP contribution in [0.1, 0.15) is 19.4 Å². The van der Waals surface area contributed by atoms with Crippen LogP contribution >= 0.6 is 11.6 Å². The van der Waals surface area contributed by atoms with Gasteiger partial charge in [-0.3, -0.25) is 9.59 Å². The van der Waals surface area contributed by atoms with Gasteiger partial charge >= 0.3 is 0 Å². The Morgan fingerprint density at radius 2 is 1.78 bits per heavy atom. The third kappa shape index (κ3) is 4.92. The van der Waals surface area contributed by atoms with Gasteiger partial charge in [0.1, 0.15) is 18.0 Å². The minimum absolute atomic E-state index is 0.125. The molecular formula is C20H23ClN2O4. The largest absolute Gasteiger partial charge is 0.495 e. The number of hydrogen-bond acceptors (Lipinski definition) is 4. The fourth-order valence-corrected chi connectivity index (χ4v) is 2.96. The lowest BCUT2D eigenvalue weighted by atomic mass is 10.1. The predicted molar refractivity (Wildman–Crippen MR) is 107 cm³/mol. The average Bonchev–Trinajstić information content (AvgIpc) is 2.66. The molecule has 0 aromatic heterocycles. The van der Waals surface area contributed by atoms with E-state index in [1.807, 2.05) is 31.2 Å². The van der Waals surface area contributed by atoms with E-state index >= 15 is 0 Å². The molecule has 144 valence electrons. The summed E-state index contributed by atoms with van der Waals surface area (Å²) in [7, 11) is 2.96. The number of carbonyl (C=O) groups excluding carboxylic acids is 2. The van der Waals surface area contributed by atoms with Gasteiger partial charge in [-0.05, 0) is 18.1 Å². The van der Waals surface area contributed by atoms with Crippen molar-refractivity contribution in [3.05, 3.63) is 47.0 Å². The molecule has 6 nitrogen and oxygen atoms in total. The first-order chi connectivity index (χ1) is 12.9. The number of anilines is 2. The Morgan fingerprint density at radius 3 is 2.37 bits per heavy atom. The Hall–Kier alpha value is -2.73. The van der Waals surface area contributed by atoms with Crippen LogP contribution in [-0.2, 0) is 16.0 Å². The van der Waals surface area contributed by atoms with Gasteiger partial charge in [-0.1, -0.05) is 36.7 Å². The van der Waals surface area contributed by atoms with Crippen LogP contribution in [0.3, 0.4) is 0 Å². The second-order valence-electron chi connectivity index (χ2n) is 5.82. The molecule has 0 aliphatic carbocycles. The fraction of sp³-hybridized carbons (Fsp3) is 0.300. The van der Waals surface area contributed by atoms with Crippen molar-refractivity contribution in [3.8, 4) is 11.5 Å². The van der Waals surface area contributed by atoms with Gasteiger partial charge in [0.15, 0.2) is 0 Å². The molecule has 0 spiro atoms. The zero-order chi connectivity index (χ0) is 20.0. The van der Waals surface area contributed by atoms with Gasteiger partial charge in [-0.15, -0.1) is 0 Å². The summed E-state index contributed by atoms with van der Waals surface area (Å²) in [5.41, 5.74) is 2.13. The number of nitrogens with one attached hydrogen (secondary N) is 1. The topological polar surface area (TPSA) is 67.9 Å². The molecule has 0 unspecified atom stereocenters. The zero-order valence-corrected chi connectivity index (χ0v) is 16.6. The number of methoxy groups -OCH3 is 2. The number of hydrogen-bond donors (Lipinski definition) is 1. The number of nitrogens with zero attached hydrogens (tertiary/aromatic N) is 1. The highest BCUT2D eigenvalue weighted by Crippen LogP contribution is 2.35. The molecule has 7 heteroatoms. The smallest absolute Gasteiger partial charge is 0.244 e. The number of amides is 2. The van der Waals surface area contributed by atoms with E-state index in [4.69, 9.17) is 21.1 Å². The third-order valence-electron chi connectivity index (χ3n) is 4.09. The monoisotopic (exact) mass is 390 g/mol. The third-order valence-corrected chi connectivity index (χ3v) is 4.39. The molecule has 1 N–H and O–H groups in total. The number of para-hydroxylation sites is 1. The van der Waals surface area contributed by atoms with E-state index in [9.17, 15) is 9.59 Å². The summed E-state index contributed by atoms with van der Waals surface area (Å²) in [4.78, 5) is 26.2. The van der Waals surface area contributed by atoms with Crippen LogP contribution in [0.2, 0.25) is 5.02 Å². The van der Waals surface area contributed by atoms with Crippen molar-refractivity contribution >= 4 is 34.8 Å². The number of benzene rings is 2. The molecule has 0 radical (unpaired) electrons. The summed E-state index contributed by atoms with van der Waals surface area (Å²) in [5.74, 6) is 0.232. The minimum Gasteiger partial charge on any atom is -0.495 e. The van der Waals surface area contributed by atoms with E-state index in [-0.39, 0.29) is 18.4 Å². The molecular weight excluding hydrogens is 368 g/mol. The molecule has 0 fully saturated rings. The molecule has 0 bridgehead atoms. The molecule has 27 heavy (non-hydrogen) atoms. The molecule has 2 rings (SSSR count). The quantitative estimate of drug-likeness (QED) is 0.778. The van der Waals surface area contributed by atoms with Crippen LogP contribution in [0.15, 0.2) is 36.4 Å². The zero-order valence-electron chi connectivity index (χ0n) is 15.8. The molecule has 0 saturated carbocycles. The fourth-order valence-electron chi connectivity index (χ4n) is 2.73. The van der Waals surface area contributed by atoms with Gasteiger partial charge < -0.3 is 19.7 Å². The predicted octanol–water partition coefficient (Wildman–Crippen LogP) is 3.91. The maximum atomic E-state index is 12.6. The van der Waals surface area contributed by atoms with Crippen molar-refractivity contribution in [3.63, 3.8) is 0 Å². The summed E-state index contributed by atoms with van der Waals surface area (Å²) in [6.07, 6.45) is 0.754. The van der Waals surface area contributed by atoms with Crippen molar-refractivity contribution < 1.29 is 19.1 Å². The highest BCUT2D eigenvalue weighted by molar-refractivity contribution is 6.32. The van der Waals surface area contributed by atoms with Crippen LogP contribution in [0.25, 0.3) is 0 Å². The molecule has 0 aliphatic heterocycles. The Labute approximate surface area is 164 Å². The van der Waals surface area contributed by atoms with E-state index in [0.717, 1.165) is 17.7 Å². The SMILES string of the molecule is CCc1ccccc1N(CC(=O)Nc1cc(OC)c(Cl)cc1OC)C(C)=O. The minimum atomic E-state index is -0.362. The van der Waals surface area contributed by atoms with Crippen molar-refractivity contribution in [2.75, 3.05) is 31.0 Å². The molecule has 2 amide bonds. The first kappa shape index (κ1) is 20.6. The van der Waals surface area contributed by atoms with E-state index in [2.05, 4.69) is 5.32 Å². The molecule has 0 atom stereocenters. The molecule has 2 aromatic carbocycles. The molecule has 2 aromatic rings. The summed E-state index contributed by atoms with van der Waals surface area (Å²) >= 11 is 6.09. The van der Waals surface area contributed by atoms with E-state index in [1.54, 1.807) is 12.1 Å². The molecule has 0 saturated heterocycles. The Balaban J connectivity index is 2.26. The highest BCUT2D eigenvalue weighted by atomic mass is 35.5. The lowest BCUT2D eigenvalue weighted by Gasteiger charge is -2.23. The van der Waals surface area contributed by atoms with E-state index in [0.29, 0.717) is 22.2 Å². The van der Waals surface area contributed by atoms with Crippen molar-refractivity contribution in [1.82, 2.24) is 0 Å². The molecule has 0 heterocycles. The van der Waals surface area contributed by atoms with Gasteiger partial charge in [-0.25, -0.2) is 0 Å². The summed E-state index contributed by atoms with van der Waals surface area (Å²) in [6, 6.07) is 10.7. The maximum Gasteiger partial charge on any atom is 0.244 e. The summed E-state index contributed by atoms with van der Waals surface area (Å²) < 4.78 is 10.4. The summed E-state index contributed by atoms with van der Waals surface area (Å²) in [5, 5.41) is 3.13. The number of carbonyl (C=O) groups is 2. The van der Waals surface area contributed by atoms with E-state index < -0.39 is 0 Å². The normalized spacial score (nSPS) is 10.3. The Kier molecular flexibility index (Phi) is 7.07. The van der Waals surface area contributed by atoms with Crippen molar-refractivity contribution in [2.24, 2.45) is 0 Å². The number of halogens is 1. The first-order valence-electron chi connectivity index (χ1n) is 8.48. The van der Waals surface area contributed by atoms with Gasteiger partial charge in [0.2, 0.25) is 11.8 Å². The van der Waals surface area contributed by atoms with Crippen molar-refractivity contribution in [2.45, 2.75) is 20.3 Å². The highest BCUT2D eigenvalue weighted by Gasteiger charge is 2.19. The van der Waals surface area contributed by atoms with Crippen LogP contribution in [0.4, 0.5) is 11.4 Å². The van der Waals surface area contributed by atoms with Crippen LogP contribution < -0.4 is 19.7 Å². The van der Waals surface area contributed by atoms with Crippen LogP contribution in [0.5, 0.6) is 11.5 Å². The van der Waals surface area contributed by atoms with Gasteiger partial charge in [0.05, 0.1) is 24.9 Å². The number of ether oxygens (including phenoxy) is 2. The van der Waals surface area contributed by atoms with Gasteiger partial charge in [0.25, 0.3) is 0 Å². The second-order valence-corrected chi connectivity index (χ2v) is 6.23. The maximum absolute atomic E-state index is 12.6. The number of aryl methyl sites for hydroxylation is 1. The lowest BCUT2D eigenvalue weighted by Crippen LogP contribution is -2.37.